The molecular weight excluding hydrogens is 394 g/mol. The van der Waals surface area contributed by atoms with Crippen molar-refractivity contribution in [1.29, 1.82) is 0 Å². The van der Waals surface area contributed by atoms with Crippen LogP contribution in [0.25, 0.3) is 0 Å². The Morgan fingerprint density at radius 2 is 2.00 bits per heavy atom. The molecule has 0 atom stereocenters. The van der Waals surface area contributed by atoms with Gasteiger partial charge in [0.2, 0.25) is 5.91 Å². The molecule has 0 aliphatic carbocycles. The molecule has 1 amide bonds. The maximum atomic E-state index is 12.6. The Bertz CT molecular complexity index is 856. The van der Waals surface area contributed by atoms with Crippen LogP contribution in [0.2, 0.25) is 5.02 Å². The zero-order chi connectivity index (χ0) is 20.8. The van der Waals surface area contributed by atoms with Crippen LogP contribution in [0.15, 0.2) is 42.6 Å². The molecule has 3 rings (SSSR count). The van der Waals surface area contributed by atoms with E-state index in [2.05, 4.69) is 9.88 Å². The minimum absolute atomic E-state index is 0.0136. The lowest BCUT2D eigenvalue weighted by Gasteiger charge is -2.35. The number of aromatic nitrogens is 1. The van der Waals surface area contributed by atoms with Gasteiger partial charge < -0.3 is 14.7 Å². The number of rotatable bonds is 7. The van der Waals surface area contributed by atoms with Crippen LogP contribution in [-0.2, 0) is 11.3 Å². The number of non-ortho nitro benzene ring substituents is 1. The van der Waals surface area contributed by atoms with Gasteiger partial charge in [-0.05, 0) is 30.8 Å². The van der Waals surface area contributed by atoms with E-state index in [0.29, 0.717) is 43.2 Å². The Kier molecular flexibility index (Phi) is 7.00. The van der Waals surface area contributed by atoms with E-state index >= 15 is 0 Å². The maximum Gasteiger partial charge on any atom is 0.269 e. The fourth-order valence-corrected chi connectivity index (χ4v) is 3.51. The molecule has 1 aromatic carbocycles. The van der Waals surface area contributed by atoms with Crippen LogP contribution in [0, 0.1) is 10.1 Å². The Morgan fingerprint density at radius 1 is 1.24 bits per heavy atom. The zero-order valence-corrected chi connectivity index (χ0v) is 17.1. The highest BCUT2D eigenvalue weighted by atomic mass is 35.5. The summed E-state index contributed by atoms with van der Waals surface area (Å²) in [5.74, 6) is 1.05. The Balaban J connectivity index is 1.46. The van der Waals surface area contributed by atoms with Gasteiger partial charge in [0.05, 0.1) is 4.92 Å². The van der Waals surface area contributed by atoms with E-state index < -0.39 is 4.92 Å². The van der Waals surface area contributed by atoms with Crippen molar-refractivity contribution in [3.8, 4) is 0 Å². The molecular formula is C20H24ClN5O3. The molecule has 1 aromatic heterocycles. The SMILES string of the molecule is CN(CCC(=O)N1CCN(c2ccccn2)CC1)Cc1cc([N+](=O)[O-])ccc1Cl. The number of hydrogen-bond donors (Lipinski definition) is 0. The third-order valence-corrected chi connectivity index (χ3v) is 5.36. The molecule has 1 fully saturated rings. The average Bonchev–Trinajstić information content (AvgIpc) is 2.74. The number of carbonyl (C=O) groups is 1. The third-order valence-electron chi connectivity index (χ3n) is 4.99. The largest absolute Gasteiger partial charge is 0.353 e. The van der Waals surface area contributed by atoms with E-state index in [1.165, 1.54) is 18.2 Å². The van der Waals surface area contributed by atoms with Gasteiger partial charge in [-0.25, -0.2) is 4.98 Å². The van der Waals surface area contributed by atoms with Gasteiger partial charge >= 0.3 is 0 Å². The number of piperazine rings is 1. The van der Waals surface area contributed by atoms with Crippen molar-refractivity contribution in [2.75, 3.05) is 44.7 Å². The lowest BCUT2D eigenvalue weighted by Crippen LogP contribution is -2.49. The van der Waals surface area contributed by atoms with Crippen LogP contribution in [0.3, 0.4) is 0 Å². The monoisotopic (exact) mass is 417 g/mol. The highest BCUT2D eigenvalue weighted by molar-refractivity contribution is 6.31. The van der Waals surface area contributed by atoms with Gasteiger partial charge in [-0.1, -0.05) is 17.7 Å². The molecule has 0 N–H and O–H groups in total. The molecule has 154 valence electrons. The summed E-state index contributed by atoms with van der Waals surface area (Å²) in [5, 5.41) is 11.4. The number of nitro groups is 1. The topological polar surface area (TPSA) is 82.8 Å². The predicted molar refractivity (Wildman–Crippen MR) is 112 cm³/mol. The smallest absolute Gasteiger partial charge is 0.269 e. The number of amides is 1. The number of nitro benzene ring substituents is 1. The van der Waals surface area contributed by atoms with E-state index in [-0.39, 0.29) is 11.6 Å². The van der Waals surface area contributed by atoms with Gasteiger partial charge in [-0.15, -0.1) is 0 Å². The first kappa shape index (κ1) is 21.0. The van der Waals surface area contributed by atoms with Gasteiger partial charge in [0.15, 0.2) is 0 Å². The normalized spacial score (nSPS) is 14.3. The summed E-state index contributed by atoms with van der Waals surface area (Å²) < 4.78 is 0. The highest BCUT2D eigenvalue weighted by Crippen LogP contribution is 2.23. The molecule has 0 saturated carbocycles. The second kappa shape index (κ2) is 9.67. The summed E-state index contributed by atoms with van der Waals surface area (Å²) in [6.45, 7) is 3.88. The molecule has 8 nitrogen and oxygen atoms in total. The quantitative estimate of drug-likeness (QED) is 0.509. The molecule has 2 heterocycles. The molecule has 0 radical (unpaired) electrons. The lowest BCUT2D eigenvalue weighted by molar-refractivity contribution is -0.384. The predicted octanol–water partition coefficient (Wildman–Crippen LogP) is 2.81. The maximum absolute atomic E-state index is 12.6. The van der Waals surface area contributed by atoms with Crippen molar-refractivity contribution in [3.05, 3.63) is 63.3 Å². The molecule has 0 bridgehead atoms. The van der Waals surface area contributed by atoms with Crippen LogP contribution < -0.4 is 4.90 Å². The number of hydrogen-bond acceptors (Lipinski definition) is 6. The molecule has 0 spiro atoms. The molecule has 1 aliphatic rings. The first-order valence-corrected chi connectivity index (χ1v) is 9.87. The van der Waals surface area contributed by atoms with Crippen LogP contribution in [-0.4, -0.2) is 65.4 Å². The summed E-state index contributed by atoms with van der Waals surface area (Å²) in [7, 11) is 1.88. The average molecular weight is 418 g/mol. The Labute approximate surface area is 174 Å². The number of pyridine rings is 1. The van der Waals surface area contributed by atoms with E-state index in [1.54, 1.807) is 6.20 Å². The fourth-order valence-electron chi connectivity index (χ4n) is 3.34. The molecule has 2 aromatic rings. The number of carbonyl (C=O) groups excluding carboxylic acids is 1. The molecule has 29 heavy (non-hydrogen) atoms. The van der Waals surface area contributed by atoms with Gasteiger partial charge in [0.1, 0.15) is 5.82 Å². The van der Waals surface area contributed by atoms with E-state index in [9.17, 15) is 14.9 Å². The minimum atomic E-state index is -0.437. The zero-order valence-electron chi connectivity index (χ0n) is 16.3. The van der Waals surface area contributed by atoms with Crippen molar-refractivity contribution < 1.29 is 9.72 Å². The molecule has 1 saturated heterocycles. The minimum Gasteiger partial charge on any atom is -0.353 e. The van der Waals surface area contributed by atoms with Gasteiger partial charge in [0.25, 0.3) is 5.69 Å². The van der Waals surface area contributed by atoms with Crippen LogP contribution in [0.4, 0.5) is 11.5 Å². The number of benzene rings is 1. The van der Waals surface area contributed by atoms with Crippen molar-refractivity contribution in [2.24, 2.45) is 0 Å². The second-order valence-electron chi connectivity index (χ2n) is 7.08. The number of halogens is 1. The first-order chi connectivity index (χ1) is 13.9. The third kappa shape index (κ3) is 5.65. The van der Waals surface area contributed by atoms with Crippen molar-refractivity contribution in [1.82, 2.24) is 14.8 Å². The Hall–Kier alpha value is -2.71. The van der Waals surface area contributed by atoms with E-state index in [1.807, 2.05) is 35.0 Å². The summed E-state index contributed by atoms with van der Waals surface area (Å²) in [5.41, 5.74) is 0.694. The Morgan fingerprint density at radius 3 is 2.66 bits per heavy atom. The van der Waals surface area contributed by atoms with Gasteiger partial charge in [-0.2, -0.15) is 0 Å². The second-order valence-corrected chi connectivity index (χ2v) is 7.48. The molecule has 9 heteroatoms. The fraction of sp³-hybridized carbons (Fsp3) is 0.400. The van der Waals surface area contributed by atoms with Gasteiger partial charge in [-0.3, -0.25) is 14.9 Å². The van der Waals surface area contributed by atoms with E-state index in [4.69, 9.17) is 11.6 Å². The highest BCUT2D eigenvalue weighted by Gasteiger charge is 2.22. The number of anilines is 1. The summed E-state index contributed by atoms with van der Waals surface area (Å²) >= 11 is 6.16. The molecule has 0 unspecified atom stereocenters. The van der Waals surface area contributed by atoms with Crippen molar-refractivity contribution >= 4 is 29.0 Å². The molecule has 1 aliphatic heterocycles. The van der Waals surface area contributed by atoms with Crippen molar-refractivity contribution in [2.45, 2.75) is 13.0 Å². The lowest BCUT2D eigenvalue weighted by atomic mass is 10.2. The van der Waals surface area contributed by atoms with E-state index in [0.717, 1.165) is 18.9 Å². The van der Waals surface area contributed by atoms with Gasteiger partial charge in [0, 0.05) is 69.0 Å². The van der Waals surface area contributed by atoms with Crippen LogP contribution >= 0.6 is 11.6 Å². The summed E-state index contributed by atoms with van der Waals surface area (Å²) in [6, 6.07) is 10.2. The number of nitrogens with zero attached hydrogens (tertiary/aromatic N) is 5. The summed E-state index contributed by atoms with van der Waals surface area (Å²) in [6.07, 6.45) is 2.17. The van der Waals surface area contributed by atoms with Crippen LogP contribution in [0.1, 0.15) is 12.0 Å². The summed E-state index contributed by atoms with van der Waals surface area (Å²) in [4.78, 5) is 33.4. The van der Waals surface area contributed by atoms with Crippen molar-refractivity contribution in [3.63, 3.8) is 0 Å². The van der Waals surface area contributed by atoms with Crippen LogP contribution in [0.5, 0.6) is 0 Å². The standard InChI is InChI=1S/C20H24ClN5O3/c1-23(15-16-14-17(26(28)29)5-6-18(16)21)9-7-20(27)25-12-10-24(11-13-25)19-4-2-3-8-22-19/h2-6,8,14H,7,9-13,15H2,1H3. The first-order valence-electron chi connectivity index (χ1n) is 9.49.